The maximum atomic E-state index is 12.7. The average Bonchev–Trinajstić information content (AvgIpc) is 3.29. The van der Waals surface area contributed by atoms with Crippen LogP contribution in [0.1, 0.15) is 37.3 Å². The van der Waals surface area contributed by atoms with Gasteiger partial charge in [-0.2, -0.15) is 0 Å². The second-order valence-corrected chi connectivity index (χ2v) is 8.04. The number of amides is 1. The number of benzene rings is 3. The first-order valence-electron chi connectivity index (χ1n) is 10.9. The molecule has 0 aromatic heterocycles. The summed E-state index contributed by atoms with van der Waals surface area (Å²) in [6, 6.07) is 22.6. The Kier molecular flexibility index (Phi) is 6.65. The molecule has 156 valence electrons. The molecule has 1 aliphatic rings. The minimum absolute atomic E-state index is 0.0735. The Labute approximate surface area is 178 Å². The third kappa shape index (κ3) is 5.19. The summed E-state index contributed by atoms with van der Waals surface area (Å²) < 4.78 is 6.02. The zero-order valence-electron chi connectivity index (χ0n) is 17.6. The van der Waals surface area contributed by atoms with E-state index < -0.39 is 6.10 Å². The van der Waals surface area contributed by atoms with Crippen LogP contribution in [0.2, 0.25) is 0 Å². The van der Waals surface area contributed by atoms with Crippen molar-refractivity contribution in [2.45, 2.75) is 45.4 Å². The van der Waals surface area contributed by atoms with E-state index in [1.54, 1.807) is 0 Å². The van der Waals surface area contributed by atoms with E-state index in [-0.39, 0.29) is 5.91 Å². The van der Waals surface area contributed by atoms with Crippen LogP contribution in [0.4, 0.5) is 0 Å². The quantitative estimate of drug-likeness (QED) is 0.582. The topological polar surface area (TPSA) is 41.6 Å². The number of carbonyl (C=O) groups is 1. The highest BCUT2D eigenvalue weighted by molar-refractivity contribution is 5.84. The molecule has 0 bridgehead atoms. The van der Waals surface area contributed by atoms with Gasteiger partial charge in [0.05, 0.1) is 0 Å². The lowest BCUT2D eigenvalue weighted by atomic mass is 10.1. The molecule has 0 saturated carbocycles. The second-order valence-electron chi connectivity index (χ2n) is 8.04. The summed E-state index contributed by atoms with van der Waals surface area (Å²) in [4.78, 5) is 15.2. The van der Waals surface area contributed by atoms with E-state index >= 15 is 0 Å². The van der Waals surface area contributed by atoms with E-state index in [0.717, 1.165) is 28.6 Å². The van der Waals surface area contributed by atoms with E-state index in [0.29, 0.717) is 13.0 Å². The molecule has 3 aromatic carbocycles. The number of ether oxygens (including phenoxy) is 1. The largest absolute Gasteiger partial charge is 0.481 e. The fourth-order valence-corrected chi connectivity index (χ4v) is 4.07. The average molecular weight is 403 g/mol. The lowest BCUT2D eigenvalue weighted by Crippen LogP contribution is -2.37. The summed E-state index contributed by atoms with van der Waals surface area (Å²) in [5.74, 6) is 0.652. The molecule has 30 heavy (non-hydrogen) atoms. The van der Waals surface area contributed by atoms with Crippen LogP contribution < -0.4 is 10.1 Å². The summed E-state index contributed by atoms with van der Waals surface area (Å²) >= 11 is 0. The monoisotopic (exact) mass is 402 g/mol. The summed E-state index contributed by atoms with van der Waals surface area (Å²) in [5.41, 5.74) is 2.43. The predicted molar refractivity (Wildman–Crippen MR) is 121 cm³/mol. The third-order valence-electron chi connectivity index (χ3n) is 5.73. The maximum Gasteiger partial charge on any atom is 0.261 e. The molecule has 1 fully saturated rings. The van der Waals surface area contributed by atoms with Gasteiger partial charge in [0.15, 0.2) is 6.10 Å². The van der Waals surface area contributed by atoms with Gasteiger partial charge in [-0.3, -0.25) is 9.69 Å². The molecule has 0 radical (unpaired) electrons. The van der Waals surface area contributed by atoms with Gasteiger partial charge < -0.3 is 10.1 Å². The Bertz CT molecular complexity index is 995. The van der Waals surface area contributed by atoms with Crippen molar-refractivity contribution in [2.24, 2.45) is 0 Å². The molecule has 4 nitrogen and oxygen atoms in total. The van der Waals surface area contributed by atoms with Crippen LogP contribution in [0, 0.1) is 0 Å². The molecular weight excluding hydrogens is 372 g/mol. The molecule has 1 aliphatic heterocycles. The van der Waals surface area contributed by atoms with E-state index in [1.807, 2.05) is 37.3 Å². The predicted octanol–water partition coefficient (Wildman–Crippen LogP) is 4.91. The SMILES string of the molecule is CC[C@@H](Oc1ccc2ccccc2c1)C(=O)NCc1cccc(CN2CCCC2)c1. The third-order valence-corrected chi connectivity index (χ3v) is 5.73. The smallest absolute Gasteiger partial charge is 0.261 e. The highest BCUT2D eigenvalue weighted by Gasteiger charge is 2.18. The van der Waals surface area contributed by atoms with Crippen molar-refractivity contribution in [1.29, 1.82) is 0 Å². The lowest BCUT2D eigenvalue weighted by Gasteiger charge is -2.18. The zero-order chi connectivity index (χ0) is 20.8. The number of nitrogens with zero attached hydrogens (tertiary/aromatic N) is 1. The van der Waals surface area contributed by atoms with Crippen molar-refractivity contribution in [3.8, 4) is 5.75 Å². The van der Waals surface area contributed by atoms with Crippen molar-refractivity contribution in [3.05, 3.63) is 77.9 Å². The molecule has 3 aromatic rings. The molecule has 0 spiro atoms. The van der Waals surface area contributed by atoms with E-state index in [9.17, 15) is 4.79 Å². The number of carbonyl (C=O) groups excluding carboxylic acids is 1. The van der Waals surface area contributed by atoms with Crippen molar-refractivity contribution in [1.82, 2.24) is 10.2 Å². The van der Waals surface area contributed by atoms with Crippen LogP contribution in [-0.4, -0.2) is 30.0 Å². The van der Waals surface area contributed by atoms with Crippen molar-refractivity contribution < 1.29 is 9.53 Å². The summed E-state index contributed by atoms with van der Waals surface area (Å²) in [6.07, 6.45) is 2.71. The van der Waals surface area contributed by atoms with Gasteiger partial charge in [0, 0.05) is 13.1 Å². The normalized spacial score (nSPS) is 15.2. The fourth-order valence-electron chi connectivity index (χ4n) is 4.07. The first-order valence-corrected chi connectivity index (χ1v) is 10.9. The van der Waals surface area contributed by atoms with Gasteiger partial charge in [-0.25, -0.2) is 0 Å². The van der Waals surface area contributed by atoms with Gasteiger partial charge in [0.25, 0.3) is 5.91 Å². The summed E-state index contributed by atoms with van der Waals surface area (Å²) in [5, 5.41) is 5.32. The van der Waals surface area contributed by atoms with Gasteiger partial charge in [0.2, 0.25) is 0 Å². The van der Waals surface area contributed by atoms with E-state index in [4.69, 9.17) is 4.74 Å². The lowest BCUT2D eigenvalue weighted by molar-refractivity contribution is -0.128. The van der Waals surface area contributed by atoms with Crippen LogP contribution in [0.3, 0.4) is 0 Å². The van der Waals surface area contributed by atoms with Gasteiger partial charge >= 0.3 is 0 Å². The van der Waals surface area contributed by atoms with Crippen LogP contribution in [0.15, 0.2) is 66.7 Å². The molecule has 1 saturated heterocycles. The molecule has 1 atom stereocenters. The molecule has 4 rings (SSSR count). The van der Waals surface area contributed by atoms with Crippen LogP contribution in [0.25, 0.3) is 10.8 Å². The number of hydrogen-bond donors (Lipinski definition) is 1. The summed E-state index contributed by atoms with van der Waals surface area (Å²) in [7, 11) is 0. The second kappa shape index (κ2) is 9.77. The molecule has 4 heteroatoms. The summed E-state index contributed by atoms with van der Waals surface area (Å²) in [6.45, 7) is 5.85. The zero-order valence-corrected chi connectivity index (χ0v) is 17.6. The molecule has 1 N–H and O–H groups in total. The first-order chi connectivity index (χ1) is 14.7. The molecule has 0 aliphatic carbocycles. The van der Waals surface area contributed by atoms with Gasteiger partial charge in [0.1, 0.15) is 5.75 Å². The van der Waals surface area contributed by atoms with Crippen molar-refractivity contribution >= 4 is 16.7 Å². The highest BCUT2D eigenvalue weighted by atomic mass is 16.5. The first kappa shape index (κ1) is 20.4. The van der Waals surface area contributed by atoms with Gasteiger partial charge in [-0.15, -0.1) is 0 Å². The van der Waals surface area contributed by atoms with Crippen molar-refractivity contribution in [2.75, 3.05) is 13.1 Å². The standard InChI is InChI=1S/C26H30N2O2/c1-2-25(30-24-13-12-22-10-3-4-11-23(22)17-24)26(29)27-18-20-8-7-9-21(16-20)19-28-14-5-6-15-28/h3-4,7-13,16-17,25H,2,5-6,14-15,18-19H2,1H3,(H,27,29)/t25-/m1/s1. The molecule has 0 unspecified atom stereocenters. The molecule has 1 heterocycles. The van der Waals surface area contributed by atoms with E-state index in [1.165, 1.54) is 31.5 Å². The van der Waals surface area contributed by atoms with Crippen LogP contribution in [-0.2, 0) is 17.9 Å². The maximum absolute atomic E-state index is 12.7. The van der Waals surface area contributed by atoms with Gasteiger partial charge in [-0.05, 0) is 66.4 Å². The molecule has 1 amide bonds. The minimum Gasteiger partial charge on any atom is -0.481 e. The fraction of sp³-hybridized carbons (Fsp3) is 0.346. The number of nitrogens with one attached hydrogen (secondary N) is 1. The number of hydrogen-bond acceptors (Lipinski definition) is 3. The Balaban J connectivity index is 1.34. The Morgan fingerprint density at radius 3 is 2.53 bits per heavy atom. The Morgan fingerprint density at radius 2 is 1.73 bits per heavy atom. The Morgan fingerprint density at radius 1 is 0.967 bits per heavy atom. The number of rotatable bonds is 8. The number of fused-ring (bicyclic) bond motifs is 1. The van der Waals surface area contributed by atoms with Crippen LogP contribution >= 0.6 is 0 Å². The van der Waals surface area contributed by atoms with E-state index in [2.05, 4.69) is 46.6 Å². The number of likely N-dealkylation sites (tertiary alicyclic amines) is 1. The van der Waals surface area contributed by atoms with Crippen molar-refractivity contribution in [3.63, 3.8) is 0 Å². The Hall–Kier alpha value is -2.85. The highest BCUT2D eigenvalue weighted by Crippen LogP contribution is 2.22. The van der Waals surface area contributed by atoms with Crippen LogP contribution in [0.5, 0.6) is 5.75 Å². The molecular formula is C26H30N2O2. The minimum atomic E-state index is -0.501. The van der Waals surface area contributed by atoms with Gasteiger partial charge in [-0.1, -0.05) is 61.5 Å².